The lowest BCUT2D eigenvalue weighted by Crippen LogP contribution is -2.31. The minimum absolute atomic E-state index is 0.110. The highest BCUT2D eigenvalue weighted by Crippen LogP contribution is 2.17. The molecule has 8 nitrogen and oxygen atoms in total. The zero-order valence-electron chi connectivity index (χ0n) is 11.5. The first kappa shape index (κ1) is 14.5. The van der Waals surface area contributed by atoms with Crippen molar-refractivity contribution >= 4 is 17.7 Å². The van der Waals surface area contributed by atoms with E-state index in [9.17, 15) is 4.79 Å². The van der Waals surface area contributed by atoms with Crippen molar-refractivity contribution in [2.45, 2.75) is 31.5 Å². The molecule has 1 N–H and O–H groups in total. The zero-order valence-corrected chi connectivity index (χ0v) is 12.3. The fourth-order valence-corrected chi connectivity index (χ4v) is 2.29. The van der Waals surface area contributed by atoms with Crippen molar-refractivity contribution in [2.24, 2.45) is 7.05 Å². The largest absolute Gasteiger partial charge is 0.416 e. The minimum atomic E-state index is -0.153. The highest BCUT2D eigenvalue weighted by molar-refractivity contribution is 7.99. The van der Waals surface area contributed by atoms with E-state index >= 15 is 0 Å². The molecule has 0 fully saturated rings. The molecule has 0 aliphatic rings. The number of amides is 1. The summed E-state index contributed by atoms with van der Waals surface area (Å²) in [6.07, 6.45) is 2.21. The lowest BCUT2D eigenvalue weighted by molar-refractivity contribution is -0.119. The van der Waals surface area contributed by atoms with E-state index < -0.39 is 0 Å². The Morgan fingerprint density at radius 1 is 1.55 bits per heavy atom. The van der Waals surface area contributed by atoms with Gasteiger partial charge in [-0.25, -0.2) is 4.98 Å². The van der Waals surface area contributed by atoms with Crippen LogP contribution in [0.4, 0.5) is 0 Å². The van der Waals surface area contributed by atoms with Crippen LogP contribution >= 0.6 is 11.8 Å². The number of carbonyl (C=O) groups excluding carboxylic acids is 1. The molecule has 0 radical (unpaired) electrons. The first-order chi connectivity index (χ1) is 9.60. The van der Waals surface area contributed by atoms with Gasteiger partial charge in [-0.1, -0.05) is 18.7 Å². The molecule has 2 rings (SSSR count). The normalized spacial score (nSPS) is 12.3. The molecule has 0 aromatic carbocycles. The number of nitrogens with one attached hydrogen (secondary N) is 1. The molecule has 2 aromatic heterocycles. The molecule has 0 aliphatic carbocycles. The van der Waals surface area contributed by atoms with Gasteiger partial charge in [0.25, 0.3) is 5.22 Å². The number of rotatable bonds is 6. The van der Waals surface area contributed by atoms with Crippen LogP contribution in [0.25, 0.3) is 0 Å². The Labute approximate surface area is 120 Å². The zero-order chi connectivity index (χ0) is 14.5. The van der Waals surface area contributed by atoms with Crippen LogP contribution < -0.4 is 5.32 Å². The maximum Gasteiger partial charge on any atom is 0.277 e. The van der Waals surface area contributed by atoms with Crippen molar-refractivity contribution in [3.8, 4) is 0 Å². The molecular weight excluding hydrogens is 280 g/mol. The number of aromatic nitrogens is 5. The van der Waals surface area contributed by atoms with E-state index in [0.29, 0.717) is 11.1 Å². The average Bonchev–Trinajstić information content (AvgIpc) is 3.02. The predicted molar refractivity (Wildman–Crippen MR) is 71.9 cm³/mol. The molecule has 20 heavy (non-hydrogen) atoms. The Morgan fingerprint density at radius 2 is 2.35 bits per heavy atom. The molecule has 1 unspecified atom stereocenters. The fraction of sp³-hybridized carbons (Fsp3) is 0.545. The van der Waals surface area contributed by atoms with Crippen LogP contribution in [0.1, 0.15) is 31.1 Å². The lowest BCUT2D eigenvalue weighted by atomic mass is 10.2. The summed E-state index contributed by atoms with van der Waals surface area (Å²) in [4.78, 5) is 16.1. The number of hydrogen-bond acceptors (Lipinski definition) is 7. The third-order valence-corrected chi connectivity index (χ3v) is 3.45. The van der Waals surface area contributed by atoms with E-state index in [-0.39, 0.29) is 17.7 Å². The molecule has 0 saturated carbocycles. The Kier molecular flexibility index (Phi) is 4.72. The van der Waals surface area contributed by atoms with Crippen molar-refractivity contribution in [1.29, 1.82) is 0 Å². The van der Waals surface area contributed by atoms with Crippen molar-refractivity contribution in [1.82, 2.24) is 30.3 Å². The summed E-state index contributed by atoms with van der Waals surface area (Å²) in [5.41, 5.74) is 0. The van der Waals surface area contributed by atoms with Gasteiger partial charge >= 0.3 is 0 Å². The number of hydrogen-bond donors (Lipinski definition) is 1. The second-order valence-electron chi connectivity index (χ2n) is 4.15. The molecule has 2 aromatic rings. The van der Waals surface area contributed by atoms with Gasteiger partial charge in [0.1, 0.15) is 12.2 Å². The second-order valence-corrected chi connectivity index (χ2v) is 5.07. The van der Waals surface area contributed by atoms with Crippen LogP contribution in [0.5, 0.6) is 0 Å². The second kappa shape index (κ2) is 6.51. The predicted octanol–water partition coefficient (Wildman–Crippen LogP) is 0.866. The highest BCUT2D eigenvalue weighted by atomic mass is 32.2. The molecule has 0 bridgehead atoms. The Morgan fingerprint density at radius 3 is 2.90 bits per heavy atom. The Balaban J connectivity index is 1.88. The highest BCUT2D eigenvalue weighted by Gasteiger charge is 2.17. The first-order valence-electron chi connectivity index (χ1n) is 6.16. The van der Waals surface area contributed by atoms with Crippen molar-refractivity contribution in [2.75, 3.05) is 5.75 Å². The van der Waals surface area contributed by atoms with E-state index in [0.717, 1.165) is 12.2 Å². The topological polar surface area (TPSA) is 98.7 Å². The minimum Gasteiger partial charge on any atom is -0.416 e. The summed E-state index contributed by atoms with van der Waals surface area (Å²) in [5, 5.41) is 14.8. The van der Waals surface area contributed by atoms with Crippen LogP contribution in [-0.4, -0.2) is 36.6 Å². The van der Waals surface area contributed by atoms with Gasteiger partial charge in [-0.15, -0.1) is 10.2 Å². The van der Waals surface area contributed by atoms with E-state index in [2.05, 4.69) is 25.6 Å². The number of nitrogens with zero attached hydrogens (tertiary/aromatic N) is 5. The SMILES string of the molecule is CCC(NC(=O)CSc1nnc(C)o1)c1ncnn1C. The smallest absolute Gasteiger partial charge is 0.277 e. The molecule has 1 atom stereocenters. The summed E-state index contributed by atoms with van der Waals surface area (Å²) in [7, 11) is 1.80. The maximum atomic E-state index is 11.9. The maximum absolute atomic E-state index is 11.9. The number of carbonyl (C=O) groups is 1. The van der Waals surface area contributed by atoms with Crippen LogP contribution in [-0.2, 0) is 11.8 Å². The third kappa shape index (κ3) is 3.56. The molecule has 2 heterocycles. The summed E-state index contributed by atoms with van der Waals surface area (Å²) in [5.74, 6) is 1.33. The van der Waals surface area contributed by atoms with Gasteiger partial charge in [0.15, 0.2) is 0 Å². The van der Waals surface area contributed by atoms with Gasteiger partial charge < -0.3 is 9.73 Å². The Bertz CT molecular complexity index is 581. The molecule has 9 heteroatoms. The van der Waals surface area contributed by atoms with E-state index in [1.165, 1.54) is 18.1 Å². The van der Waals surface area contributed by atoms with Crippen LogP contribution in [0.3, 0.4) is 0 Å². The first-order valence-corrected chi connectivity index (χ1v) is 7.15. The summed E-state index contributed by atoms with van der Waals surface area (Å²) < 4.78 is 6.85. The van der Waals surface area contributed by atoms with Crippen LogP contribution in [0.15, 0.2) is 16.0 Å². The van der Waals surface area contributed by atoms with Gasteiger partial charge in [-0.05, 0) is 6.42 Å². The Hall–Kier alpha value is -1.90. The monoisotopic (exact) mass is 296 g/mol. The molecule has 1 amide bonds. The van der Waals surface area contributed by atoms with Gasteiger partial charge in [0.05, 0.1) is 11.8 Å². The lowest BCUT2D eigenvalue weighted by Gasteiger charge is -2.15. The summed E-state index contributed by atoms with van der Waals surface area (Å²) in [6, 6.07) is -0.153. The van der Waals surface area contributed by atoms with Crippen molar-refractivity contribution in [3.05, 3.63) is 18.0 Å². The van der Waals surface area contributed by atoms with Gasteiger partial charge in [-0.2, -0.15) is 5.10 Å². The van der Waals surface area contributed by atoms with Gasteiger partial charge in [0.2, 0.25) is 11.8 Å². The molecule has 0 saturated heterocycles. The standard InChI is InChI=1S/C11H16N6O2S/c1-4-8(10-12-6-13-17(10)3)14-9(18)5-20-11-16-15-7(2)19-11/h6,8H,4-5H2,1-3H3,(H,14,18). The number of thioether (sulfide) groups is 1. The van der Waals surface area contributed by atoms with Gasteiger partial charge in [-0.3, -0.25) is 9.48 Å². The van der Waals surface area contributed by atoms with Crippen molar-refractivity contribution in [3.63, 3.8) is 0 Å². The molecular formula is C11H16N6O2S. The molecule has 0 spiro atoms. The summed E-state index contributed by atoms with van der Waals surface area (Å²) >= 11 is 1.21. The van der Waals surface area contributed by atoms with Crippen LogP contribution in [0.2, 0.25) is 0 Å². The van der Waals surface area contributed by atoms with E-state index in [1.54, 1.807) is 18.7 Å². The summed E-state index contributed by atoms with van der Waals surface area (Å²) in [6.45, 7) is 3.69. The van der Waals surface area contributed by atoms with Gasteiger partial charge in [0, 0.05) is 14.0 Å². The van der Waals surface area contributed by atoms with Crippen molar-refractivity contribution < 1.29 is 9.21 Å². The third-order valence-electron chi connectivity index (χ3n) is 2.64. The average molecular weight is 296 g/mol. The molecule has 0 aliphatic heterocycles. The molecule has 108 valence electrons. The van der Waals surface area contributed by atoms with Crippen LogP contribution in [0, 0.1) is 6.92 Å². The number of aryl methyl sites for hydroxylation is 2. The van der Waals surface area contributed by atoms with E-state index in [4.69, 9.17) is 4.42 Å². The van der Waals surface area contributed by atoms with E-state index in [1.807, 2.05) is 6.92 Å². The fourth-order valence-electron chi connectivity index (χ4n) is 1.67. The quantitative estimate of drug-likeness (QED) is 0.789.